The number of anilines is 2. The molecule has 35 heavy (non-hydrogen) atoms. The Balaban J connectivity index is 1.44. The first kappa shape index (κ1) is 22.3. The number of fused-ring (bicyclic) bond motifs is 1. The number of piperazine rings is 1. The second kappa shape index (κ2) is 9.41. The third kappa shape index (κ3) is 4.37. The van der Waals surface area contributed by atoms with Gasteiger partial charge in [0.1, 0.15) is 0 Å². The van der Waals surface area contributed by atoms with Crippen molar-refractivity contribution < 1.29 is 14.3 Å². The van der Waals surface area contributed by atoms with Crippen LogP contribution in [0.1, 0.15) is 10.4 Å². The fourth-order valence-corrected chi connectivity index (χ4v) is 4.15. The Morgan fingerprint density at radius 1 is 0.914 bits per heavy atom. The van der Waals surface area contributed by atoms with Gasteiger partial charge in [-0.15, -0.1) is 0 Å². The average Bonchev–Trinajstić information content (AvgIpc) is 2.92. The van der Waals surface area contributed by atoms with Gasteiger partial charge in [0.05, 0.1) is 26.1 Å². The number of nitrogen functional groups attached to an aromatic ring is 1. The quantitative estimate of drug-likeness (QED) is 0.468. The first-order valence-corrected chi connectivity index (χ1v) is 11.2. The maximum atomic E-state index is 12.8. The van der Waals surface area contributed by atoms with E-state index in [1.807, 2.05) is 53.4 Å². The Hall–Kier alpha value is -4.47. The molecule has 0 bridgehead atoms. The number of carbonyl (C=O) groups excluding carboxylic acids is 1. The number of nitrogens with zero attached hydrogens (tertiary/aromatic N) is 6. The Bertz CT molecular complexity index is 1370. The van der Waals surface area contributed by atoms with Crippen LogP contribution in [0.2, 0.25) is 0 Å². The van der Waals surface area contributed by atoms with Gasteiger partial charge in [-0.2, -0.15) is 9.97 Å². The molecule has 10 heteroatoms. The topological polar surface area (TPSA) is 120 Å². The van der Waals surface area contributed by atoms with E-state index in [9.17, 15) is 4.79 Å². The summed E-state index contributed by atoms with van der Waals surface area (Å²) in [6.45, 7) is 2.29. The van der Waals surface area contributed by atoms with E-state index in [2.05, 4.69) is 19.9 Å². The molecule has 0 saturated carbocycles. The number of rotatable bonds is 5. The first-order chi connectivity index (χ1) is 17.1. The van der Waals surface area contributed by atoms with E-state index in [1.54, 1.807) is 20.4 Å². The molecular formula is C25H25N7O3. The van der Waals surface area contributed by atoms with Crippen molar-refractivity contribution in [1.29, 1.82) is 0 Å². The highest BCUT2D eigenvalue weighted by Crippen LogP contribution is 2.32. The summed E-state index contributed by atoms with van der Waals surface area (Å²) in [6.07, 6.45) is 1.65. The van der Waals surface area contributed by atoms with Crippen LogP contribution >= 0.6 is 0 Å². The zero-order valence-corrected chi connectivity index (χ0v) is 19.5. The van der Waals surface area contributed by atoms with Crippen LogP contribution in [-0.2, 0) is 0 Å². The minimum Gasteiger partial charge on any atom is -0.493 e. The van der Waals surface area contributed by atoms with Gasteiger partial charge in [0.15, 0.2) is 28.5 Å². The minimum atomic E-state index is 0.0211. The Labute approximate surface area is 202 Å². The van der Waals surface area contributed by atoms with Crippen molar-refractivity contribution in [3.8, 4) is 22.8 Å². The van der Waals surface area contributed by atoms with Crippen molar-refractivity contribution in [3.63, 3.8) is 0 Å². The molecule has 2 aromatic carbocycles. The molecular weight excluding hydrogens is 446 g/mol. The summed E-state index contributed by atoms with van der Waals surface area (Å²) in [4.78, 5) is 34.8. The minimum absolute atomic E-state index is 0.0211. The van der Waals surface area contributed by atoms with E-state index in [1.165, 1.54) is 0 Å². The number of carbonyl (C=O) groups is 1. The summed E-state index contributed by atoms with van der Waals surface area (Å²) in [6, 6.07) is 14.9. The van der Waals surface area contributed by atoms with Crippen LogP contribution in [0.3, 0.4) is 0 Å². The van der Waals surface area contributed by atoms with Crippen LogP contribution in [0.5, 0.6) is 11.5 Å². The summed E-state index contributed by atoms with van der Waals surface area (Å²) in [5, 5.41) is 0. The Morgan fingerprint density at radius 3 is 2.37 bits per heavy atom. The molecule has 0 spiro atoms. The molecule has 1 aliphatic heterocycles. The lowest BCUT2D eigenvalue weighted by atomic mass is 10.1. The molecule has 3 heterocycles. The normalized spacial score (nSPS) is 13.7. The molecule has 1 aliphatic rings. The van der Waals surface area contributed by atoms with E-state index in [0.717, 1.165) is 5.56 Å². The van der Waals surface area contributed by atoms with Crippen molar-refractivity contribution in [3.05, 3.63) is 60.3 Å². The maximum Gasteiger partial charge on any atom is 0.253 e. The molecule has 2 aromatic heterocycles. The summed E-state index contributed by atoms with van der Waals surface area (Å²) in [5.74, 6) is 1.98. The molecule has 0 unspecified atom stereocenters. The van der Waals surface area contributed by atoms with Crippen LogP contribution in [0, 0.1) is 0 Å². The van der Waals surface area contributed by atoms with E-state index in [-0.39, 0.29) is 11.9 Å². The third-order valence-electron chi connectivity index (χ3n) is 5.97. The maximum absolute atomic E-state index is 12.8. The van der Waals surface area contributed by atoms with Gasteiger partial charge < -0.3 is 25.0 Å². The predicted octanol–water partition coefficient (Wildman–Crippen LogP) is 2.65. The molecule has 1 saturated heterocycles. The molecule has 1 amide bonds. The van der Waals surface area contributed by atoms with Crippen molar-refractivity contribution in [2.24, 2.45) is 0 Å². The van der Waals surface area contributed by atoms with Crippen molar-refractivity contribution >= 4 is 28.8 Å². The number of aromatic nitrogens is 4. The molecule has 10 nitrogen and oxygen atoms in total. The molecule has 0 atom stereocenters. The number of ether oxygens (including phenoxy) is 2. The lowest BCUT2D eigenvalue weighted by Crippen LogP contribution is -2.49. The number of methoxy groups -OCH3 is 2. The van der Waals surface area contributed by atoms with Crippen LogP contribution in [0.25, 0.3) is 22.4 Å². The highest BCUT2D eigenvalue weighted by atomic mass is 16.5. The smallest absolute Gasteiger partial charge is 0.253 e. The number of hydrogen-bond acceptors (Lipinski definition) is 9. The average molecular weight is 472 g/mol. The lowest BCUT2D eigenvalue weighted by molar-refractivity contribution is 0.0746. The second-order valence-corrected chi connectivity index (χ2v) is 8.05. The molecule has 5 rings (SSSR count). The first-order valence-electron chi connectivity index (χ1n) is 11.2. The van der Waals surface area contributed by atoms with Crippen molar-refractivity contribution in [1.82, 2.24) is 24.8 Å². The van der Waals surface area contributed by atoms with E-state index >= 15 is 0 Å². The van der Waals surface area contributed by atoms with E-state index < -0.39 is 0 Å². The molecule has 0 aliphatic carbocycles. The highest BCUT2D eigenvalue weighted by molar-refractivity contribution is 5.94. The third-order valence-corrected chi connectivity index (χ3v) is 5.97. The fraction of sp³-hybridized carbons (Fsp3) is 0.240. The highest BCUT2D eigenvalue weighted by Gasteiger charge is 2.25. The molecule has 1 fully saturated rings. The number of nitrogens with two attached hydrogens (primary N) is 1. The molecule has 0 radical (unpaired) electrons. The van der Waals surface area contributed by atoms with Gasteiger partial charge in [-0.25, -0.2) is 9.97 Å². The van der Waals surface area contributed by atoms with Gasteiger partial charge in [-0.3, -0.25) is 4.79 Å². The van der Waals surface area contributed by atoms with Crippen LogP contribution in [0.4, 0.5) is 11.8 Å². The summed E-state index contributed by atoms with van der Waals surface area (Å²) in [5.41, 5.74) is 9.10. The van der Waals surface area contributed by atoms with Gasteiger partial charge in [-0.05, 0) is 30.3 Å². The van der Waals surface area contributed by atoms with Gasteiger partial charge in [0.2, 0.25) is 5.95 Å². The van der Waals surface area contributed by atoms with Gasteiger partial charge in [0, 0.05) is 37.3 Å². The monoisotopic (exact) mass is 471 g/mol. The number of amides is 1. The van der Waals surface area contributed by atoms with E-state index in [4.69, 9.17) is 20.2 Å². The summed E-state index contributed by atoms with van der Waals surface area (Å²) >= 11 is 0. The standard InChI is InChI=1S/C25H25N7O3/c1-34-19-9-8-17(14-20(19)35-2)18-15-27-22-21(28-18)23(30-25(26)29-22)31-10-12-32(13-11-31)24(33)16-6-4-3-5-7-16/h3-9,14-15H,10-13H2,1-2H3,(H2,26,27,29,30). The molecule has 2 N–H and O–H groups in total. The SMILES string of the molecule is COc1ccc(-c2cnc3nc(N)nc(N4CCN(C(=O)c5ccccc5)CC4)c3n2)cc1OC. The van der Waals surface area contributed by atoms with E-state index in [0.29, 0.717) is 65.9 Å². The Kier molecular flexibility index (Phi) is 6.01. The number of benzene rings is 2. The fourth-order valence-electron chi connectivity index (χ4n) is 4.15. The zero-order valence-electron chi connectivity index (χ0n) is 19.5. The summed E-state index contributed by atoms with van der Waals surface area (Å²) in [7, 11) is 3.18. The van der Waals surface area contributed by atoms with Crippen LogP contribution in [-0.4, -0.2) is 71.1 Å². The number of hydrogen-bond donors (Lipinski definition) is 1. The van der Waals surface area contributed by atoms with Gasteiger partial charge >= 0.3 is 0 Å². The Morgan fingerprint density at radius 2 is 1.66 bits per heavy atom. The van der Waals surface area contributed by atoms with Gasteiger partial charge in [0.25, 0.3) is 5.91 Å². The molecule has 178 valence electrons. The van der Waals surface area contributed by atoms with Crippen LogP contribution in [0.15, 0.2) is 54.7 Å². The largest absolute Gasteiger partial charge is 0.493 e. The zero-order chi connectivity index (χ0) is 24.4. The lowest BCUT2D eigenvalue weighted by Gasteiger charge is -2.35. The summed E-state index contributed by atoms with van der Waals surface area (Å²) < 4.78 is 10.8. The van der Waals surface area contributed by atoms with Gasteiger partial charge in [-0.1, -0.05) is 18.2 Å². The van der Waals surface area contributed by atoms with Crippen molar-refractivity contribution in [2.75, 3.05) is 51.0 Å². The van der Waals surface area contributed by atoms with Crippen LogP contribution < -0.4 is 20.1 Å². The molecule has 4 aromatic rings. The van der Waals surface area contributed by atoms with Crippen molar-refractivity contribution in [2.45, 2.75) is 0 Å². The predicted molar refractivity (Wildman–Crippen MR) is 133 cm³/mol. The second-order valence-electron chi connectivity index (χ2n) is 8.05.